The lowest BCUT2D eigenvalue weighted by Gasteiger charge is -2.12. The predicted molar refractivity (Wildman–Crippen MR) is 109 cm³/mol. The molecule has 0 fully saturated rings. The van der Waals surface area contributed by atoms with Crippen molar-refractivity contribution in [1.29, 1.82) is 0 Å². The molecule has 3 rings (SSSR count). The molecule has 142 valence electrons. The molecule has 0 saturated carbocycles. The Morgan fingerprint density at radius 2 is 1.93 bits per heavy atom. The summed E-state index contributed by atoms with van der Waals surface area (Å²) in [4.78, 5) is 15.2. The van der Waals surface area contributed by atoms with Crippen LogP contribution in [0.1, 0.15) is 15.9 Å². The summed E-state index contributed by atoms with van der Waals surface area (Å²) in [6.45, 7) is 0.912. The number of rotatable bonds is 7. The highest BCUT2D eigenvalue weighted by atomic mass is 16.5. The summed E-state index contributed by atoms with van der Waals surface area (Å²) in [6.07, 6.45) is 3.31. The Balaban J connectivity index is 1.94. The van der Waals surface area contributed by atoms with Gasteiger partial charge in [-0.2, -0.15) is 0 Å². The molecule has 1 unspecified atom stereocenters. The Hall–Kier alpha value is -2.63. The van der Waals surface area contributed by atoms with Gasteiger partial charge in [0.25, 0.3) is 0 Å². The van der Waals surface area contributed by atoms with Crippen LogP contribution in [-0.2, 0) is 12.8 Å². The second-order valence-corrected chi connectivity index (χ2v) is 7.10. The van der Waals surface area contributed by atoms with Crippen LogP contribution < -0.4 is 10.5 Å². The first kappa shape index (κ1) is 19.1. The molecule has 1 atom stereocenters. The molecule has 3 aromatic rings. The normalized spacial score (nSPS) is 12.5. The lowest BCUT2D eigenvalue weighted by Crippen LogP contribution is -2.36. The number of aromatic nitrogens is 1. The van der Waals surface area contributed by atoms with Crippen molar-refractivity contribution in [2.24, 2.45) is 5.73 Å². The van der Waals surface area contributed by atoms with E-state index < -0.39 is 6.04 Å². The number of hydrogen-bond acceptors (Lipinski definition) is 4. The molecule has 0 amide bonds. The average Bonchev–Trinajstić information content (AvgIpc) is 3.04. The largest absolute Gasteiger partial charge is 0.497 e. The fourth-order valence-electron chi connectivity index (χ4n) is 3.26. The minimum absolute atomic E-state index is 0.104. The van der Waals surface area contributed by atoms with E-state index >= 15 is 0 Å². The van der Waals surface area contributed by atoms with Gasteiger partial charge in [0.2, 0.25) is 5.91 Å². The monoisotopic (exact) mass is 365 g/mol. The Kier molecular flexibility index (Phi) is 5.94. The van der Waals surface area contributed by atoms with Crippen LogP contribution in [0.2, 0.25) is 0 Å². The van der Waals surface area contributed by atoms with Crippen LogP contribution in [0, 0.1) is 0 Å². The number of likely N-dealkylation sites (N-methyl/N-ethyl adjacent to an activating group) is 1. The highest BCUT2D eigenvalue weighted by Crippen LogP contribution is 2.27. The lowest BCUT2D eigenvalue weighted by molar-refractivity contribution is 0.0884. The predicted octanol–water partition coefficient (Wildman–Crippen LogP) is 2.96. The van der Waals surface area contributed by atoms with Gasteiger partial charge in [0, 0.05) is 24.2 Å². The zero-order valence-electron chi connectivity index (χ0n) is 16.2. The van der Waals surface area contributed by atoms with Crippen LogP contribution in [0.5, 0.6) is 5.75 Å². The number of methoxy groups -OCH3 is 1. The number of hydrogen-bond donors (Lipinski definition) is 1. The first-order valence-electron chi connectivity index (χ1n) is 9.16. The van der Waals surface area contributed by atoms with E-state index in [0.717, 1.165) is 40.7 Å². The summed E-state index contributed by atoms with van der Waals surface area (Å²) in [6, 6.07) is 15.1. The maximum Gasteiger partial charge on any atom is 0.248 e. The molecule has 1 heterocycles. The SMILES string of the molecule is COc1ccc2c(CCN(C)C)cn(C(=O)C(N)Cc3ccccc3)c2c1. The molecule has 0 bridgehead atoms. The molecular weight excluding hydrogens is 338 g/mol. The van der Waals surface area contributed by atoms with Gasteiger partial charge < -0.3 is 15.4 Å². The van der Waals surface area contributed by atoms with Gasteiger partial charge >= 0.3 is 0 Å². The molecule has 5 nitrogen and oxygen atoms in total. The summed E-state index contributed by atoms with van der Waals surface area (Å²) >= 11 is 0. The van der Waals surface area contributed by atoms with E-state index in [1.54, 1.807) is 11.7 Å². The fourth-order valence-corrected chi connectivity index (χ4v) is 3.26. The molecular formula is C22H27N3O2. The van der Waals surface area contributed by atoms with Crippen LogP contribution in [0.25, 0.3) is 10.9 Å². The van der Waals surface area contributed by atoms with E-state index in [1.807, 2.05) is 68.8 Å². The van der Waals surface area contributed by atoms with E-state index in [1.165, 1.54) is 0 Å². The number of ether oxygens (including phenoxy) is 1. The number of carbonyl (C=O) groups is 1. The van der Waals surface area contributed by atoms with Gasteiger partial charge in [0.05, 0.1) is 18.7 Å². The van der Waals surface area contributed by atoms with Crippen molar-refractivity contribution >= 4 is 16.8 Å². The van der Waals surface area contributed by atoms with Crippen molar-refractivity contribution in [2.75, 3.05) is 27.7 Å². The minimum Gasteiger partial charge on any atom is -0.497 e. The van der Waals surface area contributed by atoms with Gasteiger partial charge in [-0.3, -0.25) is 9.36 Å². The van der Waals surface area contributed by atoms with Gasteiger partial charge in [0.15, 0.2) is 0 Å². The summed E-state index contributed by atoms with van der Waals surface area (Å²) in [5, 5.41) is 1.07. The topological polar surface area (TPSA) is 60.5 Å². The molecule has 0 aliphatic heterocycles. The Labute approximate surface area is 160 Å². The summed E-state index contributed by atoms with van der Waals surface area (Å²) in [5.41, 5.74) is 9.30. The number of nitrogens with zero attached hydrogens (tertiary/aromatic N) is 2. The summed E-state index contributed by atoms with van der Waals surface area (Å²) < 4.78 is 7.05. The first-order chi connectivity index (χ1) is 13.0. The van der Waals surface area contributed by atoms with Gasteiger partial charge in [-0.25, -0.2) is 0 Å². The number of carbonyl (C=O) groups excluding carboxylic acids is 1. The quantitative estimate of drug-likeness (QED) is 0.699. The average molecular weight is 365 g/mol. The van der Waals surface area contributed by atoms with Gasteiger partial charge in [-0.15, -0.1) is 0 Å². The Bertz CT molecular complexity index is 916. The standard InChI is InChI=1S/C22H27N3O2/c1-24(2)12-11-17-15-25(21-14-18(27-3)9-10-19(17)21)22(26)20(23)13-16-7-5-4-6-8-16/h4-10,14-15,20H,11-13,23H2,1-3H3. The van der Waals surface area contributed by atoms with Crippen LogP contribution in [0.4, 0.5) is 0 Å². The van der Waals surface area contributed by atoms with Crippen molar-refractivity contribution in [3.63, 3.8) is 0 Å². The Morgan fingerprint density at radius 3 is 2.59 bits per heavy atom. The molecule has 5 heteroatoms. The zero-order valence-corrected chi connectivity index (χ0v) is 16.2. The highest BCUT2D eigenvalue weighted by molar-refractivity contribution is 5.97. The second-order valence-electron chi connectivity index (χ2n) is 7.10. The molecule has 0 saturated heterocycles. The van der Waals surface area contributed by atoms with E-state index in [0.29, 0.717) is 6.42 Å². The molecule has 2 N–H and O–H groups in total. The number of fused-ring (bicyclic) bond motifs is 1. The smallest absolute Gasteiger partial charge is 0.248 e. The van der Waals surface area contributed by atoms with E-state index in [2.05, 4.69) is 4.90 Å². The Morgan fingerprint density at radius 1 is 1.19 bits per heavy atom. The minimum atomic E-state index is -0.601. The molecule has 27 heavy (non-hydrogen) atoms. The molecule has 0 radical (unpaired) electrons. The highest BCUT2D eigenvalue weighted by Gasteiger charge is 2.20. The van der Waals surface area contributed by atoms with Crippen LogP contribution >= 0.6 is 0 Å². The molecule has 0 aliphatic rings. The molecule has 2 aromatic carbocycles. The molecule has 0 spiro atoms. The second kappa shape index (κ2) is 8.37. The summed E-state index contributed by atoms with van der Waals surface area (Å²) in [7, 11) is 5.72. The van der Waals surface area contributed by atoms with Gasteiger partial charge in [-0.05, 0) is 50.2 Å². The first-order valence-corrected chi connectivity index (χ1v) is 9.16. The van der Waals surface area contributed by atoms with Crippen molar-refractivity contribution in [3.05, 3.63) is 65.9 Å². The van der Waals surface area contributed by atoms with Gasteiger partial charge in [0.1, 0.15) is 5.75 Å². The van der Waals surface area contributed by atoms with E-state index in [-0.39, 0.29) is 5.91 Å². The van der Waals surface area contributed by atoms with Gasteiger partial charge in [-0.1, -0.05) is 30.3 Å². The third-order valence-corrected chi connectivity index (χ3v) is 4.78. The van der Waals surface area contributed by atoms with Crippen LogP contribution in [0.3, 0.4) is 0 Å². The van der Waals surface area contributed by atoms with E-state index in [4.69, 9.17) is 10.5 Å². The zero-order chi connectivity index (χ0) is 19.4. The lowest BCUT2D eigenvalue weighted by atomic mass is 10.1. The third-order valence-electron chi connectivity index (χ3n) is 4.78. The van der Waals surface area contributed by atoms with Crippen molar-refractivity contribution < 1.29 is 9.53 Å². The molecule has 0 aliphatic carbocycles. The fraction of sp³-hybridized carbons (Fsp3) is 0.318. The van der Waals surface area contributed by atoms with Crippen molar-refractivity contribution in [3.8, 4) is 5.75 Å². The van der Waals surface area contributed by atoms with E-state index in [9.17, 15) is 4.79 Å². The van der Waals surface area contributed by atoms with Crippen LogP contribution in [0.15, 0.2) is 54.7 Å². The van der Waals surface area contributed by atoms with Crippen LogP contribution in [-0.4, -0.2) is 49.2 Å². The maximum atomic E-state index is 13.1. The number of nitrogens with two attached hydrogens (primary N) is 1. The van der Waals surface area contributed by atoms with Crippen molar-refractivity contribution in [2.45, 2.75) is 18.9 Å². The van der Waals surface area contributed by atoms with Crippen molar-refractivity contribution in [1.82, 2.24) is 9.47 Å². The third kappa shape index (κ3) is 4.38. The maximum absolute atomic E-state index is 13.1. The molecule has 1 aromatic heterocycles. The summed E-state index contributed by atoms with van der Waals surface area (Å²) in [5.74, 6) is 0.624. The number of benzene rings is 2.